The third-order valence-electron chi connectivity index (χ3n) is 3.33. The number of carboxylic acid groups (broad SMARTS) is 2. The summed E-state index contributed by atoms with van der Waals surface area (Å²) in [5.41, 5.74) is -0.808. The van der Waals surface area contributed by atoms with Crippen molar-refractivity contribution in [3.8, 4) is 5.75 Å². The minimum atomic E-state index is -1.36. The number of carbonyl (C=O) groups is 3. The Labute approximate surface area is 146 Å². The van der Waals surface area contributed by atoms with E-state index in [1.165, 1.54) is 19.2 Å². The number of nitro groups is 1. The van der Waals surface area contributed by atoms with Crippen LogP contribution < -0.4 is 9.64 Å². The van der Waals surface area contributed by atoms with E-state index in [4.69, 9.17) is 14.9 Å². The zero-order valence-corrected chi connectivity index (χ0v) is 13.3. The fourth-order valence-electron chi connectivity index (χ4n) is 1.96. The molecule has 2 N–H and O–H groups in total. The second-order valence-corrected chi connectivity index (χ2v) is 5.06. The number of amides is 1. The molecule has 2 aromatic carbocycles. The quantitative estimate of drug-likeness (QED) is 0.611. The van der Waals surface area contributed by atoms with E-state index in [9.17, 15) is 24.5 Å². The molecule has 0 bridgehead atoms. The van der Waals surface area contributed by atoms with Crippen LogP contribution in [0.2, 0.25) is 0 Å². The van der Waals surface area contributed by atoms with Crippen molar-refractivity contribution in [3.05, 3.63) is 63.7 Å². The van der Waals surface area contributed by atoms with Crippen LogP contribution >= 0.6 is 0 Å². The average Bonchev–Trinajstić information content (AvgIpc) is 2.60. The minimum Gasteiger partial charge on any atom is -0.478 e. The van der Waals surface area contributed by atoms with Crippen molar-refractivity contribution in [1.29, 1.82) is 0 Å². The van der Waals surface area contributed by atoms with Crippen LogP contribution in [0.4, 0.5) is 16.2 Å². The number of anilines is 1. The first kappa shape index (κ1) is 18.4. The Balaban J connectivity index is 2.25. The maximum Gasteiger partial charge on any atom is 0.419 e. The average molecular weight is 360 g/mol. The van der Waals surface area contributed by atoms with Crippen LogP contribution in [0.3, 0.4) is 0 Å². The fourth-order valence-corrected chi connectivity index (χ4v) is 1.96. The highest BCUT2D eigenvalue weighted by Crippen LogP contribution is 2.22. The fraction of sp³-hybridized carbons (Fsp3) is 0.0625. The second-order valence-electron chi connectivity index (χ2n) is 5.06. The molecule has 0 saturated heterocycles. The lowest BCUT2D eigenvalue weighted by Gasteiger charge is -2.18. The van der Waals surface area contributed by atoms with Crippen LogP contribution in [-0.2, 0) is 0 Å². The number of benzene rings is 2. The summed E-state index contributed by atoms with van der Waals surface area (Å²) in [4.78, 5) is 45.3. The summed E-state index contributed by atoms with van der Waals surface area (Å²) in [6.07, 6.45) is -0.933. The van der Waals surface area contributed by atoms with Gasteiger partial charge in [-0.3, -0.25) is 15.0 Å². The number of nitrogens with zero attached hydrogens (tertiary/aromatic N) is 2. The molecule has 0 aromatic heterocycles. The topological polar surface area (TPSA) is 147 Å². The maximum absolute atomic E-state index is 12.2. The lowest BCUT2D eigenvalue weighted by molar-refractivity contribution is -0.384. The van der Waals surface area contributed by atoms with Gasteiger partial charge in [-0.15, -0.1) is 0 Å². The predicted molar refractivity (Wildman–Crippen MR) is 87.9 cm³/mol. The highest BCUT2D eigenvalue weighted by atomic mass is 16.6. The summed E-state index contributed by atoms with van der Waals surface area (Å²) in [5, 5.41) is 28.7. The van der Waals surface area contributed by atoms with Crippen LogP contribution in [0, 0.1) is 10.1 Å². The van der Waals surface area contributed by atoms with Crippen LogP contribution in [0.15, 0.2) is 42.5 Å². The SMILES string of the molecule is CN(C(=O)Oc1ccc([N+](=O)[O-])cc1)c1cc(C(=O)O)cc(C(=O)O)c1. The van der Waals surface area contributed by atoms with Gasteiger partial charge in [0.15, 0.2) is 0 Å². The Bertz CT molecular complexity index is 859. The van der Waals surface area contributed by atoms with Gasteiger partial charge in [-0.1, -0.05) is 0 Å². The Morgan fingerprint density at radius 1 is 1.00 bits per heavy atom. The van der Waals surface area contributed by atoms with E-state index in [0.29, 0.717) is 0 Å². The van der Waals surface area contributed by atoms with Crippen LogP contribution in [0.1, 0.15) is 20.7 Å². The van der Waals surface area contributed by atoms with E-state index < -0.39 is 23.0 Å². The van der Waals surface area contributed by atoms with Gasteiger partial charge in [-0.25, -0.2) is 14.4 Å². The summed E-state index contributed by atoms with van der Waals surface area (Å²) in [7, 11) is 1.26. The van der Waals surface area contributed by atoms with Gasteiger partial charge in [0.2, 0.25) is 0 Å². The van der Waals surface area contributed by atoms with Gasteiger partial charge in [0.25, 0.3) is 5.69 Å². The summed E-state index contributed by atoms with van der Waals surface area (Å²) in [5.74, 6) is -2.68. The first-order chi connectivity index (χ1) is 12.2. The van der Waals surface area contributed by atoms with Crippen molar-refractivity contribution in [2.24, 2.45) is 0 Å². The molecule has 0 aliphatic rings. The molecule has 0 aliphatic heterocycles. The number of aromatic carboxylic acids is 2. The van der Waals surface area contributed by atoms with Crippen molar-refractivity contribution in [2.45, 2.75) is 0 Å². The van der Waals surface area contributed by atoms with Crippen LogP contribution in [0.5, 0.6) is 5.75 Å². The number of carboxylic acids is 2. The van der Waals surface area contributed by atoms with E-state index in [0.717, 1.165) is 35.2 Å². The van der Waals surface area contributed by atoms with Crippen LogP contribution in [0.25, 0.3) is 0 Å². The largest absolute Gasteiger partial charge is 0.478 e. The smallest absolute Gasteiger partial charge is 0.419 e. The Kier molecular flexibility index (Phi) is 5.16. The van der Waals surface area contributed by atoms with Gasteiger partial charge in [0.1, 0.15) is 5.75 Å². The summed E-state index contributed by atoms with van der Waals surface area (Å²) < 4.78 is 5.04. The summed E-state index contributed by atoms with van der Waals surface area (Å²) in [6, 6.07) is 7.94. The number of ether oxygens (including phenoxy) is 1. The molecule has 0 aliphatic carbocycles. The minimum absolute atomic E-state index is 0.00536. The number of nitro benzene ring substituents is 1. The molecule has 0 heterocycles. The molecule has 0 atom stereocenters. The highest BCUT2D eigenvalue weighted by Gasteiger charge is 2.19. The number of hydrogen-bond acceptors (Lipinski definition) is 6. The monoisotopic (exact) mass is 360 g/mol. The first-order valence-corrected chi connectivity index (χ1v) is 7.00. The van der Waals surface area contributed by atoms with Crippen molar-refractivity contribution < 1.29 is 34.3 Å². The third kappa shape index (κ3) is 4.12. The summed E-state index contributed by atoms with van der Waals surface area (Å²) in [6.45, 7) is 0. The molecule has 2 rings (SSSR count). The van der Waals surface area contributed by atoms with Crippen molar-refractivity contribution >= 4 is 29.4 Å². The van der Waals surface area contributed by atoms with E-state index >= 15 is 0 Å². The molecule has 0 spiro atoms. The molecule has 1 amide bonds. The van der Waals surface area contributed by atoms with E-state index in [-0.39, 0.29) is 28.3 Å². The van der Waals surface area contributed by atoms with Crippen molar-refractivity contribution in [3.63, 3.8) is 0 Å². The second kappa shape index (κ2) is 7.30. The van der Waals surface area contributed by atoms with Crippen molar-refractivity contribution in [1.82, 2.24) is 0 Å². The van der Waals surface area contributed by atoms with E-state index in [1.54, 1.807) is 0 Å². The Hall–Kier alpha value is -3.95. The lowest BCUT2D eigenvalue weighted by Crippen LogP contribution is -2.29. The molecule has 134 valence electrons. The molecule has 0 saturated carbocycles. The third-order valence-corrected chi connectivity index (χ3v) is 3.33. The molecule has 10 nitrogen and oxygen atoms in total. The first-order valence-electron chi connectivity index (χ1n) is 7.00. The molecule has 26 heavy (non-hydrogen) atoms. The van der Waals surface area contributed by atoms with Crippen LogP contribution in [-0.4, -0.2) is 40.2 Å². The molecule has 2 aromatic rings. The molecular weight excluding hydrogens is 348 g/mol. The molecule has 0 fully saturated rings. The van der Waals surface area contributed by atoms with Gasteiger partial charge in [-0.05, 0) is 30.3 Å². The number of carbonyl (C=O) groups excluding carboxylic acids is 1. The van der Waals surface area contributed by atoms with Gasteiger partial charge < -0.3 is 14.9 Å². The lowest BCUT2D eigenvalue weighted by atomic mass is 10.1. The van der Waals surface area contributed by atoms with E-state index in [1.807, 2.05) is 0 Å². The molecule has 0 unspecified atom stereocenters. The van der Waals surface area contributed by atoms with E-state index in [2.05, 4.69) is 0 Å². The zero-order chi connectivity index (χ0) is 19.4. The molecular formula is C16H12N2O8. The Morgan fingerprint density at radius 2 is 1.50 bits per heavy atom. The Morgan fingerprint density at radius 3 is 1.92 bits per heavy atom. The van der Waals surface area contributed by atoms with Crippen molar-refractivity contribution in [2.75, 3.05) is 11.9 Å². The maximum atomic E-state index is 12.2. The normalized spacial score (nSPS) is 10.0. The zero-order valence-electron chi connectivity index (χ0n) is 13.3. The number of hydrogen-bond donors (Lipinski definition) is 2. The summed E-state index contributed by atoms with van der Waals surface area (Å²) >= 11 is 0. The predicted octanol–water partition coefficient (Wildman–Crippen LogP) is 2.63. The van der Waals surface area contributed by atoms with Gasteiger partial charge in [0.05, 0.1) is 16.1 Å². The number of rotatable bonds is 5. The molecule has 0 radical (unpaired) electrons. The van der Waals surface area contributed by atoms with Gasteiger partial charge in [0, 0.05) is 24.9 Å². The molecule has 10 heteroatoms. The standard InChI is InChI=1S/C16H12N2O8/c1-17(12-7-9(14(19)20)6-10(8-12)15(21)22)16(23)26-13-4-2-11(3-5-13)18(24)25/h2-8H,1H3,(H,19,20)(H,21,22). The van der Waals surface area contributed by atoms with Gasteiger partial charge >= 0.3 is 18.0 Å². The highest BCUT2D eigenvalue weighted by molar-refractivity contribution is 5.98. The number of non-ortho nitro benzene ring substituents is 1. The van der Waals surface area contributed by atoms with Gasteiger partial charge in [-0.2, -0.15) is 0 Å².